The number of aromatic nitrogens is 2. The van der Waals surface area contributed by atoms with Gasteiger partial charge in [0.25, 0.3) is 11.8 Å². The Morgan fingerprint density at radius 3 is 2.45 bits per heavy atom. The van der Waals surface area contributed by atoms with Crippen LogP contribution in [-0.2, 0) is 6.54 Å². The van der Waals surface area contributed by atoms with Crippen molar-refractivity contribution in [1.82, 2.24) is 15.3 Å². The number of benzene rings is 1. The number of nitrogens with zero attached hydrogens (tertiary/aromatic N) is 3. The van der Waals surface area contributed by atoms with Gasteiger partial charge in [-0.1, -0.05) is 25.1 Å². The number of pyridine rings is 2. The van der Waals surface area contributed by atoms with E-state index in [2.05, 4.69) is 32.4 Å². The maximum atomic E-state index is 13.1. The van der Waals surface area contributed by atoms with Crippen LogP contribution in [-0.4, -0.2) is 34.9 Å². The Morgan fingerprint density at radius 1 is 1.00 bits per heavy atom. The molecule has 3 aromatic rings. The van der Waals surface area contributed by atoms with E-state index in [1.165, 1.54) is 0 Å². The summed E-state index contributed by atoms with van der Waals surface area (Å²) in [6.45, 7) is 6.42. The maximum absolute atomic E-state index is 13.1. The number of amides is 2. The predicted molar refractivity (Wildman–Crippen MR) is 129 cm³/mol. The second-order valence-electron chi connectivity index (χ2n) is 8.54. The lowest BCUT2D eigenvalue weighted by Crippen LogP contribution is -2.35. The van der Waals surface area contributed by atoms with E-state index in [1.807, 2.05) is 43.3 Å². The standard InChI is InChI=1S/C26H29N5O2/c1-18-12-15-31(16-13-18)24-22(11-6-19(2)29-24)25(32)30-21-9-7-20(8-10-21)17-28-26(33)23-5-3-4-14-27-23/h3-11,14,18H,12-13,15-17H2,1-2H3,(H,28,33)(H,30,32). The fourth-order valence-electron chi connectivity index (χ4n) is 3.86. The number of carbonyl (C=O) groups excluding carboxylic acids is 2. The number of hydrogen-bond acceptors (Lipinski definition) is 5. The molecule has 0 bridgehead atoms. The van der Waals surface area contributed by atoms with E-state index in [1.54, 1.807) is 24.4 Å². The van der Waals surface area contributed by atoms with Crippen molar-refractivity contribution in [2.24, 2.45) is 5.92 Å². The lowest BCUT2D eigenvalue weighted by Gasteiger charge is -2.32. The molecule has 1 aliphatic heterocycles. The first kappa shape index (κ1) is 22.5. The Bertz CT molecular complexity index is 1110. The summed E-state index contributed by atoms with van der Waals surface area (Å²) in [5.41, 5.74) is 3.49. The first-order chi connectivity index (χ1) is 16.0. The molecule has 1 saturated heterocycles. The average molecular weight is 444 g/mol. The molecule has 0 aliphatic carbocycles. The van der Waals surface area contributed by atoms with Crippen LogP contribution in [0.2, 0.25) is 0 Å². The van der Waals surface area contributed by atoms with Crippen molar-refractivity contribution < 1.29 is 9.59 Å². The van der Waals surface area contributed by atoms with Crippen LogP contribution in [0.4, 0.5) is 11.5 Å². The van der Waals surface area contributed by atoms with Gasteiger partial charge in [-0.25, -0.2) is 4.98 Å². The Morgan fingerprint density at radius 2 is 1.76 bits per heavy atom. The van der Waals surface area contributed by atoms with Crippen molar-refractivity contribution in [1.29, 1.82) is 0 Å². The number of rotatable bonds is 6. The normalized spacial score (nSPS) is 14.1. The van der Waals surface area contributed by atoms with Crippen LogP contribution in [0.25, 0.3) is 0 Å². The summed E-state index contributed by atoms with van der Waals surface area (Å²) >= 11 is 0. The molecule has 170 valence electrons. The summed E-state index contributed by atoms with van der Waals surface area (Å²) in [5.74, 6) is 1.07. The van der Waals surface area contributed by atoms with Crippen LogP contribution in [0.3, 0.4) is 0 Å². The van der Waals surface area contributed by atoms with Gasteiger partial charge >= 0.3 is 0 Å². The monoisotopic (exact) mass is 443 g/mol. The summed E-state index contributed by atoms with van der Waals surface area (Å²) in [7, 11) is 0. The van der Waals surface area contributed by atoms with E-state index in [0.29, 0.717) is 29.4 Å². The van der Waals surface area contributed by atoms with Crippen LogP contribution >= 0.6 is 0 Å². The van der Waals surface area contributed by atoms with Crippen molar-refractivity contribution in [3.8, 4) is 0 Å². The molecule has 0 spiro atoms. The van der Waals surface area contributed by atoms with Gasteiger partial charge in [0.1, 0.15) is 11.5 Å². The number of piperidine rings is 1. The highest BCUT2D eigenvalue weighted by atomic mass is 16.2. The van der Waals surface area contributed by atoms with Gasteiger partial charge < -0.3 is 15.5 Å². The van der Waals surface area contributed by atoms with E-state index in [0.717, 1.165) is 43.0 Å². The maximum Gasteiger partial charge on any atom is 0.270 e. The third-order valence-electron chi connectivity index (χ3n) is 5.90. The second kappa shape index (κ2) is 10.3. The first-order valence-electron chi connectivity index (χ1n) is 11.3. The molecule has 2 amide bonds. The first-order valence-corrected chi connectivity index (χ1v) is 11.3. The highest BCUT2D eigenvalue weighted by Gasteiger charge is 2.22. The van der Waals surface area contributed by atoms with Gasteiger partial charge in [0, 0.05) is 37.2 Å². The minimum absolute atomic E-state index is 0.174. The summed E-state index contributed by atoms with van der Waals surface area (Å²) in [4.78, 5) is 36.2. The minimum atomic E-state index is -0.223. The Balaban J connectivity index is 1.39. The summed E-state index contributed by atoms with van der Waals surface area (Å²) < 4.78 is 0. The number of carbonyl (C=O) groups is 2. The zero-order valence-corrected chi connectivity index (χ0v) is 19.0. The molecule has 0 atom stereocenters. The van der Waals surface area contributed by atoms with E-state index < -0.39 is 0 Å². The van der Waals surface area contributed by atoms with Crippen molar-refractivity contribution in [2.45, 2.75) is 33.2 Å². The highest BCUT2D eigenvalue weighted by Crippen LogP contribution is 2.26. The molecule has 33 heavy (non-hydrogen) atoms. The van der Waals surface area contributed by atoms with Gasteiger partial charge in [-0.05, 0) is 67.6 Å². The van der Waals surface area contributed by atoms with E-state index in [4.69, 9.17) is 0 Å². The van der Waals surface area contributed by atoms with Crippen LogP contribution < -0.4 is 15.5 Å². The number of aryl methyl sites for hydroxylation is 1. The van der Waals surface area contributed by atoms with Crippen LogP contribution in [0.1, 0.15) is 51.9 Å². The fourth-order valence-corrected chi connectivity index (χ4v) is 3.86. The topological polar surface area (TPSA) is 87.2 Å². The van der Waals surface area contributed by atoms with Crippen molar-refractivity contribution >= 4 is 23.3 Å². The molecule has 2 N–H and O–H groups in total. The molecular formula is C26H29N5O2. The molecule has 0 saturated carbocycles. The molecule has 1 aliphatic rings. The van der Waals surface area contributed by atoms with Crippen LogP contribution in [0, 0.1) is 12.8 Å². The second-order valence-corrected chi connectivity index (χ2v) is 8.54. The number of nitrogens with one attached hydrogen (secondary N) is 2. The van der Waals surface area contributed by atoms with Gasteiger partial charge in [-0.2, -0.15) is 0 Å². The van der Waals surface area contributed by atoms with E-state index in [-0.39, 0.29) is 11.8 Å². The van der Waals surface area contributed by atoms with Gasteiger partial charge in [-0.15, -0.1) is 0 Å². The molecule has 3 heterocycles. The Kier molecular flexibility index (Phi) is 6.98. The minimum Gasteiger partial charge on any atom is -0.356 e. The van der Waals surface area contributed by atoms with Crippen LogP contribution in [0.15, 0.2) is 60.8 Å². The van der Waals surface area contributed by atoms with E-state index in [9.17, 15) is 9.59 Å². The smallest absolute Gasteiger partial charge is 0.270 e. The third-order valence-corrected chi connectivity index (χ3v) is 5.90. The molecule has 7 nitrogen and oxygen atoms in total. The summed E-state index contributed by atoms with van der Waals surface area (Å²) in [6.07, 6.45) is 3.80. The molecule has 4 rings (SSSR count). The fraction of sp³-hybridized carbons (Fsp3) is 0.308. The van der Waals surface area contributed by atoms with Crippen molar-refractivity contribution in [3.63, 3.8) is 0 Å². The molecule has 0 radical (unpaired) electrons. The molecule has 1 aromatic carbocycles. The average Bonchev–Trinajstić information content (AvgIpc) is 2.84. The van der Waals surface area contributed by atoms with E-state index >= 15 is 0 Å². The largest absolute Gasteiger partial charge is 0.356 e. The predicted octanol–water partition coefficient (Wildman–Crippen LogP) is 4.20. The van der Waals surface area contributed by atoms with Gasteiger partial charge in [0.15, 0.2) is 0 Å². The van der Waals surface area contributed by atoms with Gasteiger partial charge in [-0.3, -0.25) is 14.6 Å². The summed E-state index contributed by atoms with van der Waals surface area (Å²) in [6, 6.07) is 16.4. The zero-order valence-electron chi connectivity index (χ0n) is 19.0. The molecule has 7 heteroatoms. The Hall–Kier alpha value is -3.74. The lowest BCUT2D eigenvalue weighted by molar-refractivity contribution is 0.0945. The molecule has 2 aromatic heterocycles. The molecule has 0 unspecified atom stereocenters. The number of anilines is 2. The SMILES string of the molecule is Cc1ccc(C(=O)Nc2ccc(CNC(=O)c3ccccn3)cc2)c(N2CCC(C)CC2)n1. The molecular weight excluding hydrogens is 414 g/mol. The highest BCUT2D eigenvalue weighted by molar-refractivity contribution is 6.07. The van der Waals surface area contributed by atoms with Gasteiger partial charge in [0.05, 0.1) is 5.56 Å². The Labute approximate surface area is 194 Å². The van der Waals surface area contributed by atoms with Crippen molar-refractivity contribution in [3.05, 3.63) is 83.3 Å². The number of hydrogen-bond donors (Lipinski definition) is 2. The lowest BCUT2D eigenvalue weighted by atomic mass is 9.99. The quantitative estimate of drug-likeness (QED) is 0.596. The molecule has 1 fully saturated rings. The third kappa shape index (κ3) is 5.74. The van der Waals surface area contributed by atoms with Crippen molar-refractivity contribution in [2.75, 3.05) is 23.3 Å². The van der Waals surface area contributed by atoms with Crippen LogP contribution in [0.5, 0.6) is 0 Å². The summed E-state index contributed by atoms with van der Waals surface area (Å²) in [5, 5.41) is 5.83. The zero-order chi connectivity index (χ0) is 23.2. The van der Waals surface area contributed by atoms with Gasteiger partial charge in [0.2, 0.25) is 0 Å².